The van der Waals surface area contributed by atoms with Gasteiger partial charge in [0.05, 0.1) is 19.8 Å². The van der Waals surface area contributed by atoms with Crippen LogP contribution in [0.4, 0.5) is 0 Å². The zero-order valence-electron chi connectivity index (χ0n) is 16.2. The van der Waals surface area contributed by atoms with Crippen molar-refractivity contribution in [1.82, 2.24) is 0 Å². The summed E-state index contributed by atoms with van der Waals surface area (Å²) < 4.78 is 0. The fourth-order valence-electron chi connectivity index (χ4n) is 0.913. The minimum absolute atomic E-state index is 0.156. The molecule has 0 bridgehead atoms. The van der Waals surface area contributed by atoms with E-state index in [1.165, 1.54) is 18.2 Å². The summed E-state index contributed by atoms with van der Waals surface area (Å²) in [5.74, 6) is -2.67. The van der Waals surface area contributed by atoms with Gasteiger partial charge in [0.15, 0.2) is 0 Å². The summed E-state index contributed by atoms with van der Waals surface area (Å²) in [7, 11) is 0. The van der Waals surface area contributed by atoms with E-state index in [1.54, 1.807) is 20.8 Å². The summed E-state index contributed by atoms with van der Waals surface area (Å²) in [5, 5.41) is 49.4. The van der Waals surface area contributed by atoms with Gasteiger partial charge in [-0.3, -0.25) is 0 Å². The maximum absolute atomic E-state index is 9.51. The van der Waals surface area contributed by atoms with Gasteiger partial charge in [-0.05, 0) is 27.2 Å². The molecule has 0 fully saturated rings. The van der Waals surface area contributed by atoms with E-state index in [0.717, 1.165) is 18.2 Å². The van der Waals surface area contributed by atoms with E-state index in [-0.39, 0.29) is 19.8 Å². The Labute approximate surface area is 159 Å². The molecule has 0 saturated heterocycles. The lowest BCUT2D eigenvalue weighted by atomic mass is 9.88. The van der Waals surface area contributed by atoms with Gasteiger partial charge in [0.1, 0.15) is 0 Å². The van der Waals surface area contributed by atoms with Gasteiger partial charge >= 0.3 is 17.9 Å². The van der Waals surface area contributed by atoms with E-state index in [4.69, 9.17) is 30.6 Å². The highest BCUT2D eigenvalue weighted by molar-refractivity contribution is 5.80. The molecular weight excluding hydrogens is 360 g/mol. The van der Waals surface area contributed by atoms with Crippen molar-refractivity contribution in [1.29, 1.82) is 0 Å². The van der Waals surface area contributed by atoms with Crippen LogP contribution < -0.4 is 0 Å². The Balaban J connectivity index is -0.000000133. The number of aliphatic hydroxyl groups excluding tert-OH is 3. The van der Waals surface area contributed by atoms with E-state index in [1.807, 2.05) is 6.92 Å². The minimum atomic E-state index is -0.891. The molecule has 0 radical (unpaired) electrons. The summed E-state index contributed by atoms with van der Waals surface area (Å²) in [6.07, 6.45) is 8.27. The van der Waals surface area contributed by atoms with Crippen molar-refractivity contribution in [3.8, 4) is 0 Å². The highest BCUT2D eigenvalue weighted by atomic mass is 16.4. The van der Waals surface area contributed by atoms with E-state index in [9.17, 15) is 14.4 Å². The van der Waals surface area contributed by atoms with Gasteiger partial charge in [-0.2, -0.15) is 0 Å². The molecular formula is C18H32O9. The molecule has 0 amide bonds. The van der Waals surface area contributed by atoms with Gasteiger partial charge in [-0.25, -0.2) is 14.4 Å². The zero-order valence-corrected chi connectivity index (χ0v) is 16.2. The summed E-state index contributed by atoms with van der Waals surface area (Å²) in [6.45, 7) is 6.34. The number of hydrogen-bond acceptors (Lipinski definition) is 6. The molecule has 6 N–H and O–H groups in total. The number of hydrogen-bond donors (Lipinski definition) is 6. The van der Waals surface area contributed by atoms with E-state index in [0.29, 0.717) is 6.42 Å². The van der Waals surface area contributed by atoms with Crippen LogP contribution in [-0.2, 0) is 14.4 Å². The Morgan fingerprint density at radius 1 is 0.667 bits per heavy atom. The number of allylic oxidation sites excluding steroid dienone is 3. The molecule has 0 rings (SSSR count). The number of carbonyl (C=O) groups is 3. The van der Waals surface area contributed by atoms with Crippen LogP contribution in [-0.4, -0.2) is 68.4 Å². The fourth-order valence-corrected chi connectivity index (χ4v) is 0.913. The quantitative estimate of drug-likeness (QED) is 0.349. The molecule has 9 heteroatoms. The second-order valence-corrected chi connectivity index (χ2v) is 4.84. The number of carboxylic acids is 3. The maximum Gasteiger partial charge on any atom is 0.327 e. The van der Waals surface area contributed by atoms with Gasteiger partial charge in [0.25, 0.3) is 0 Å². The molecule has 158 valence electrons. The average molecular weight is 392 g/mol. The van der Waals surface area contributed by atoms with Gasteiger partial charge in [-0.1, -0.05) is 25.2 Å². The van der Waals surface area contributed by atoms with Crippen molar-refractivity contribution in [3.63, 3.8) is 0 Å². The second kappa shape index (κ2) is 23.5. The van der Waals surface area contributed by atoms with E-state index < -0.39 is 23.3 Å². The number of aliphatic carboxylic acids is 3. The molecule has 27 heavy (non-hydrogen) atoms. The molecule has 0 aromatic heterocycles. The molecule has 0 aliphatic carbocycles. The molecule has 0 aliphatic rings. The first-order valence-electron chi connectivity index (χ1n) is 7.95. The SMILES string of the molecule is C/C=C\C(=O)O.C/C=C\C(=O)O.C/C=C\C(=O)O.CCC(CO)(CO)CO. The molecule has 9 nitrogen and oxygen atoms in total. The maximum atomic E-state index is 9.51. The Kier molecular flexibility index (Phi) is 28.0. The van der Waals surface area contributed by atoms with E-state index >= 15 is 0 Å². The first-order chi connectivity index (χ1) is 12.6. The van der Waals surface area contributed by atoms with Gasteiger partial charge in [0.2, 0.25) is 0 Å². The second-order valence-electron chi connectivity index (χ2n) is 4.84. The van der Waals surface area contributed by atoms with Gasteiger partial charge in [0, 0.05) is 23.6 Å². The standard InChI is InChI=1S/C6H14O3.3C4H6O2/c1-2-6(3-7,4-8)5-9;3*1-2-3-4(5)6/h7-9H,2-5H2,1H3;3*2-3H,1H3,(H,5,6)/b;3*3-2-. The first-order valence-corrected chi connectivity index (χ1v) is 7.95. The first kappa shape index (κ1) is 32.2. The lowest BCUT2D eigenvalue weighted by molar-refractivity contribution is -0.132. The van der Waals surface area contributed by atoms with Crippen LogP contribution in [0.2, 0.25) is 0 Å². The molecule has 0 unspecified atom stereocenters. The monoisotopic (exact) mass is 392 g/mol. The summed E-state index contributed by atoms with van der Waals surface area (Å²) in [5.41, 5.74) is -0.667. The van der Waals surface area contributed by atoms with Crippen LogP contribution in [0.25, 0.3) is 0 Å². The van der Waals surface area contributed by atoms with Crippen molar-refractivity contribution < 1.29 is 45.0 Å². The zero-order chi connectivity index (χ0) is 22.3. The third-order valence-electron chi connectivity index (χ3n) is 2.68. The van der Waals surface area contributed by atoms with Crippen LogP contribution in [0.3, 0.4) is 0 Å². The van der Waals surface area contributed by atoms with Gasteiger partial charge in [-0.15, -0.1) is 0 Å². The Morgan fingerprint density at radius 2 is 0.889 bits per heavy atom. The lowest BCUT2D eigenvalue weighted by Gasteiger charge is -2.24. The highest BCUT2D eigenvalue weighted by Gasteiger charge is 2.24. The van der Waals surface area contributed by atoms with Crippen LogP contribution in [0, 0.1) is 5.41 Å². The Morgan fingerprint density at radius 3 is 0.889 bits per heavy atom. The minimum Gasteiger partial charge on any atom is -0.478 e. The van der Waals surface area contributed by atoms with Crippen LogP contribution in [0.1, 0.15) is 34.1 Å². The summed E-state index contributed by atoms with van der Waals surface area (Å²) in [6, 6.07) is 0. The molecule has 0 atom stereocenters. The highest BCUT2D eigenvalue weighted by Crippen LogP contribution is 2.18. The fraction of sp³-hybridized carbons (Fsp3) is 0.500. The van der Waals surface area contributed by atoms with Gasteiger partial charge < -0.3 is 30.6 Å². The largest absolute Gasteiger partial charge is 0.478 e. The number of carboxylic acid groups (broad SMARTS) is 3. The molecule has 0 spiro atoms. The van der Waals surface area contributed by atoms with Crippen LogP contribution in [0.15, 0.2) is 36.5 Å². The Hall–Kier alpha value is -2.49. The summed E-state index contributed by atoms with van der Waals surface area (Å²) >= 11 is 0. The van der Waals surface area contributed by atoms with Crippen molar-refractivity contribution in [3.05, 3.63) is 36.5 Å². The predicted molar refractivity (Wildman–Crippen MR) is 101 cm³/mol. The number of rotatable bonds is 7. The third-order valence-corrected chi connectivity index (χ3v) is 2.68. The van der Waals surface area contributed by atoms with Crippen LogP contribution >= 0.6 is 0 Å². The third kappa shape index (κ3) is 31.7. The Bertz CT molecular complexity index is 392. The van der Waals surface area contributed by atoms with Crippen LogP contribution in [0.5, 0.6) is 0 Å². The average Bonchev–Trinajstić information content (AvgIpc) is 2.59. The lowest BCUT2D eigenvalue weighted by Crippen LogP contribution is -2.32. The smallest absolute Gasteiger partial charge is 0.327 e. The van der Waals surface area contributed by atoms with Crippen molar-refractivity contribution in [2.45, 2.75) is 34.1 Å². The topological polar surface area (TPSA) is 173 Å². The van der Waals surface area contributed by atoms with E-state index in [2.05, 4.69) is 0 Å². The number of aliphatic hydroxyl groups is 3. The molecule has 0 aromatic rings. The van der Waals surface area contributed by atoms with Crippen molar-refractivity contribution >= 4 is 17.9 Å². The van der Waals surface area contributed by atoms with Crippen molar-refractivity contribution in [2.24, 2.45) is 5.41 Å². The molecule has 0 saturated carbocycles. The molecule has 0 aliphatic heterocycles. The predicted octanol–water partition coefficient (Wildman–Crippen LogP) is 1.30. The van der Waals surface area contributed by atoms with Crippen molar-refractivity contribution in [2.75, 3.05) is 19.8 Å². The normalized spacial score (nSPS) is 10.3. The molecule has 0 aromatic carbocycles. The molecule has 0 heterocycles. The summed E-state index contributed by atoms with van der Waals surface area (Å²) in [4.78, 5) is 28.5.